The second kappa shape index (κ2) is 11.2. The molecule has 0 aliphatic carbocycles. The monoisotopic (exact) mass is 546 g/mol. The zero-order chi connectivity index (χ0) is 27.5. The van der Waals surface area contributed by atoms with Gasteiger partial charge in [0.1, 0.15) is 9.79 Å². The largest absolute Gasteiger partial charge is 0.372 e. The highest BCUT2D eigenvalue weighted by Crippen LogP contribution is 2.42. The minimum Gasteiger partial charge on any atom is -0.372 e. The number of rotatable bonds is 10. The van der Waals surface area contributed by atoms with Crippen molar-refractivity contribution >= 4 is 31.6 Å². The lowest BCUT2D eigenvalue weighted by Crippen LogP contribution is -2.21. The smallest absolute Gasteiger partial charge is 0.295 e. The molecule has 0 unspecified atom stereocenters. The Labute approximate surface area is 220 Å². The summed E-state index contributed by atoms with van der Waals surface area (Å²) >= 11 is 0. The summed E-state index contributed by atoms with van der Waals surface area (Å²) in [5.41, 5.74) is 2.56. The first kappa shape index (κ1) is 28.6. The Morgan fingerprint density at radius 3 is 1.35 bits per heavy atom. The third-order valence-corrected chi connectivity index (χ3v) is 8.51. The van der Waals surface area contributed by atoms with Gasteiger partial charge < -0.3 is 9.80 Å². The maximum Gasteiger partial charge on any atom is 0.295 e. The van der Waals surface area contributed by atoms with Crippen LogP contribution in [0, 0.1) is 6.92 Å². The number of hydrogen-bond donors (Lipinski definition) is 2. The second-order valence-corrected chi connectivity index (χ2v) is 11.4. The minimum atomic E-state index is -4.93. The molecule has 2 N–H and O–H groups in total. The zero-order valence-electron chi connectivity index (χ0n) is 21.8. The molecule has 0 spiro atoms. The third kappa shape index (κ3) is 5.98. The van der Waals surface area contributed by atoms with Gasteiger partial charge in [0.2, 0.25) is 0 Å². The van der Waals surface area contributed by atoms with Gasteiger partial charge in [0.05, 0.1) is 0 Å². The van der Waals surface area contributed by atoms with Gasteiger partial charge in [-0.25, -0.2) is 0 Å². The highest BCUT2D eigenvalue weighted by molar-refractivity contribution is 7.87. The van der Waals surface area contributed by atoms with Crippen LogP contribution in [-0.4, -0.2) is 52.1 Å². The van der Waals surface area contributed by atoms with Crippen LogP contribution in [0.4, 0.5) is 11.4 Å². The average Bonchev–Trinajstić information content (AvgIpc) is 2.84. The molecule has 0 radical (unpaired) electrons. The molecular formula is C27H34N2O6S2. The number of benzene rings is 3. The molecule has 0 amide bonds. The molecule has 0 aliphatic rings. The average molecular weight is 547 g/mol. The predicted molar refractivity (Wildman–Crippen MR) is 149 cm³/mol. The first-order chi connectivity index (χ1) is 17.4. The van der Waals surface area contributed by atoms with Crippen molar-refractivity contribution in [3.8, 4) is 22.3 Å². The first-order valence-electron chi connectivity index (χ1n) is 12.2. The van der Waals surface area contributed by atoms with Crippen LogP contribution in [0.1, 0.15) is 33.3 Å². The lowest BCUT2D eigenvalue weighted by Gasteiger charge is -2.23. The van der Waals surface area contributed by atoms with E-state index >= 15 is 0 Å². The Hall–Kier alpha value is -2.92. The van der Waals surface area contributed by atoms with Crippen molar-refractivity contribution in [2.45, 2.75) is 44.4 Å². The maximum absolute atomic E-state index is 12.8. The Morgan fingerprint density at radius 2 is 1.00 bits per heavy atom. The highest BCUT2D eigenvalue weighted by Gasteiger charge is 2.31. The van der Waals surface area contributed by atoms with Gasteiger partial charge >= 0.3 is 0 Å². The topological polar surface area (TPSA) is 115 Å². The summed E-state index contributed by atoms with van der Waals surface area (Å²) < 4.78 is 71.1. The highest BCUT2D eigenvalue weighted by atomic mass is 32.2. The van der Waals surface area contributed by atoms with Gasteiger partial charge in [-0.15, -0.1) is 0 Å². The number of aryl methyl sites for hydroxylation is 1. The molecule has 0 aliphatic heterocycles. The van der Waals surface area contributed by atoms with E-state index in [1.807, 2.05) is 39.8 Å². The summed E-state index contributed by atoms with van der Waals surface area (Å²) in [6, 6.07) is 15.2. The minimum absolute atomic E-state index is 0.140. The molecule has 0 atom stereocenters. The molecule has 0 heterocycles. The molecule has 0 saturated carbocycles. The standard InChI is InChI=1S/C27H34N2O6S2/c1-6-28(7-2)22-14-10-20(11-15-22)24-18-19(5)26(36(30,31)32)25(27(24)37(33,34)35)21-12-16-23(17-13-21)29(8-3)9-4/h10-18H,6-9H2,1-5H3,(H,30,31,32)(H,33,34,35). The number of anilines is 2. The van der Waals surface area contributed by atoms with Gasteiger partial charge in [-0.3, -0.25) is 9.11 Å². The lowest BCUT2D eigenvalue weighted by molar-refractivity contribution is 0.481. The Kier molecular flexibility index (Phi) is 8.69. The van der Waals surface area contributed by atoms with Crippen LogP contribution in [0.5, 0.6) is 0 Å². The lowest BCUT2D eigenvalue weighted by atomic mass is 9.95. The van der Waals surface area contributed by atoms with Crippen molar-refractivity contribution in [1.82, 2.24) is 0 Å². The first-order valence-corrected chi connectivity index (χ1v) is 15.1. The van der Waals surface area contributed by atoms with Crippen molar-refractivity contribution in [2.75, 3.05) is 36.0 Å². The molecule has 3 aromatic carbocycles. The molecule has 0 saturated heterocycles. The van der Waals surface area contributed by atoms with Gasteiger partial charge in [0, 0.05) is 48.7 Å². The molecule has 200 valence electrons. The molecule has 37 heavy (non-hydrogen) atoms. The van der Waals surface area contributed by atoms with E-state index in [-0.39, 0.29) is 22.3 Å². The van der Waals surface area contributed by atoms with Crippen LogP contribution < -0.4 is 9.80 Å². The third-order valence-electron chi connectivity index (χ3n) is 6.53. The van der Waals surface area contributed by atoms with Crippen molar-refractivity contribution in [1.29, 1.82) is 0 Å². The predicted octanol–water partition coefficient (Wildman–Crippen LogP) is 5.51. The van der Waals surface area contributed by atoms with E-state index in [1.54, 1.807) is 36.4 Å². The SMILES string of the molecule is CCN(CC)c1ccc(-c2cc(C)c(S(=O)(=O)O)c(-c3ccc(N(CC)CC)cc3)c2S(=O)(=O)O)cc1. The van der Waals surface area contributed by atoms with Crippen LogP contribution in [0.25, 0.3) is 22.3 Å². The molecule has 3 aromatic rings. The van der Waals surface area contributed by atoms with Gasteiger partial charge in [0.15, 0.2) is 0 Å². The fraction of sp³-hybridized carbons (Fsp3) is 0.333. The van der Waals surface area contributed by atoms with Crippen molar-refractivity contribution in [3.05, 3.63) is 60.2 Å². The molecule has 0 aromatic heterocycles. The summed E-state index contributed by atoms with van der Waals surface area (Å²) in [5.74, 6) is 0. The fourth-order valence-electron chi connectivity index (χ4n) is 4.73. The van der Waals surface area contributed by atoms with Crippen molar-refractivity contribution < 1.29 is 25.9 Å². The fourth-order valence-corrected chi connectivity index (χ4v) is 6.67. The van der Waals surface area contributed by atoms with Gasteiger partial charge in [0.25, 0.3) is 20.2 Å². The quantitative estimate of drug-likeness (QED) is 0.320. The maximum atomic E-state index is 12.8. The van der Waals surface area contributed by atoms with E-state index in [0.29, 0.717) is 5.56 Å². The van der Waals surface area contributed by atoms with Crippen LogP contribution in [-0.2, 0) is 20.2 Å². The summed E-state index contributed by atoms with van der Waals surface area (Å²) in [7, 11) is -9.78. The van der Waals surface area contributed by atoms with E-state index in [4.69, 9.17) is 0 Å². The van der Waals surface area contributed by atoms with E-state index in [2.05, 4.69) is 9.80 Å². The van der Waals surface area contributed by atoms with E-state index in [0.717, 1.165) is 37.6 Å². The molecule has 8 nitrogen and oxygen atoms in total. The molecule has 10 heteroatoms. The number of nitrogens with zero attached hydrogens (tertiary/aromatic N) is 2. The summed E-state index contributed by atoms with van der Waals surface area (Å²) in [6.07, 6.45) is 0. The van der Waals surface area contributed by atoms with Gasteiger partial charge in [-0.05, 0) is 81.6 Å². The Balaban J connectivity index is 2.38. The van der Waals surface area contributed by atoms with Crippen LogP contribution in [0.3, 0.4) is 0 Å². The molecule has 3 rings (SSSR count). The molecule has 0 fully saturated rings. The molecule has 0 bridgehead atoms. The van der Waals surface area contributed by atoms with E-state index in [9.17, 15) is 25.9 Å². The second-order valence-electron chi connectivity index (χ2n) is 8.66. The summed E-state index contributed by atoms with van der Waals surface area (Å²) in [6.45, 7) is 12.6. The van der Waals surface area contributed by atoms with Crippen LogP contribution in [0.15, 0.2) is 64.4 Å². The van der Waals surface area contributed by atoms with Gasteiger partial charge in [-0.1, -0.05) is 24.3 Å². The summed E-state index contributed by atoms with van der Waals surface area (Å²) in [4.78, 5) is 3.08. The van der Waals surface area contributed by atoms with Crippen LogP contribution in [0.2, 0.25) is 0 Å². The summed E-state index contributed by atoms with van der Waals surface area (Å²) in [5, 5.41) is 0. The van der Waals surface area contributed by atoms with Crippen molar-refractivity contribution in [2.24, 2.45) is 0 Å². The zero-order valence-corrected chi connectivity index (χ0v) is 23.4. The van der Waals surface area contributed by atoms with Crippen LogP contribution >= 0.6 is 0 Å². The Morgan fingerprint density at radius 1 is 0.622 bits per heavy atom. The van der Waals surface area contributed by atoms with Crippen molar-refractivity contribution in [3.63, 3.8) is 0 Å². The van der Waals surface area contributed by atoms with E-state index in [1.165, 1.54) is 13.0 Å². The molecular weight excluding hydrogens is 512 g/mol. The van der Waals surface area contributed by atoms with E-state index < -0.39 is 30.0 Å². The normalized spacial score (nSPS) is 12.0. The number of hydrogen-bond acceptors (Lipinski definition) is 6. The Bertz CT molecular complexity index is 1460. The van der Waals surface area contributed by atoms with Gasteiger partial charge in [-0.2, -0.15) is 16.8 Å².